The molecule has 26 heavy (non-hydrogen) atoms. The first-order valence-electron chi connectivity index (χ1n) is 8.67. The Morgan fingerprint density at radius 2 is 2.04 bits per heavy atom. The molecule has 1 N–H and O–H groups in total. The van der Waals surface area contributed by atoms with E-state index in [0.717, 1.165) is 29.2 Å². The van der Waals surface area contributed by atoms with Gasteiger partial charge < -0.3 is 9.72 Å². The second-order valence-electron chi connectivity index (χ2n) is 6.50. The molecule has 4 rings (SSSR count). The molecule has 0 amide bonds. The number of H-pyrrole nitrogens is 1. The van der Waals surface area contributed by atoms with Crippen molar-refractivity contribution >= 4 is 22.5 Å². The Labute approximate surface area is 156 Å². The molecule has 3 aromatic rings. The maximum atomic E-state index is 12.1. The molecular formula is C21H20N2O2S. The van der Waals surface area contributed by atoms with Crippen molar-refractivity contribution in [2.24, 2.45) is 0 Å². The Morgan fingerprint density at radius 3 is 2.85 bits per heavy atom. The van der Waals surface area contributed by atoms with Gasteiger partial charge in [-0.3, -0.25) is 4.79 Å². The Bertz CT molecular complexity index is 1050. The van der Waals surface area contributed by atoms with Crippen LogP contribution in [0.3, 0.4) is 0 Å². The molecule has 0 unspecified atom stereocenters. The highest BCUT2D eigenvalue weighted by Gasteiger charge is 2.18. The number of rotatable bonds is 4. The molecule has 0 saturated carbocycles. The molecule has 5 heteroatoms. The number of benzene rings is 1. The number of hydrogen-bond donors (Lipinski definition) is 1. The smallest absolute Gasteiger partial charge is 0.252 e. The summed E-state index contributed by atoms with van der Waals surface area (Å²) in [6.07, 6.45) is 1.89. The van der Waals surface area contributed by atoms with E-state index in [1.165, 1.54) is 28.3 Å². The number of aromatic amines is 1. The zero-order valence-corrected chi connectivity index (χ0v) is 15.7. The summed E-state index contributed by atoms with van der Waals surface area (Å²) in [7, 11) is 0. The number of nitrogens with one attached hydrogen (secondary N) is 1. The minimum Gasteiger partial charge on any atom is -0.487 e. The van der Waals surface area contributed by atoms with Crippen molar-refractivity contribution in [3.05, 3.63) is 79.7 Å². The molecule has 1 aliphatic rings. The van der Waals surface area contributed by atoms with E-state index in [0.29, 0.717) is 12.4 Å². The van der Waals surface area contributed by atoms with E-state index in [2.05, 4.69) is 41.2 Å². The molecule has 0 fully saturated rings. The third-order valence-electron chi connectivity index (χ3n) is 4.71. The Balaban J connectivity index is 1.65. The lowest BCUT2D eigenvalue weighted by atomic mass is 9.85. The maximum absolute atomic E-state index is 12.1. The van der Waals surface area contributed by atoms with E-state index in [1.54, 1.807) is 11.3 Å². The monoisotopic (exact) mass is 364 g/mol. The fraction of sp³-hybridized carbons (Fsp3) is 0.238. The van der Waals surface area contributed by atoms with Crippen LogP contribution >= 0.6 is 11.3 Å². The summed E-state index contributed by atoms with van der Waals surface area (Å²) >= 11 is 1.60. The first-order chi connectivity index (χ1) is 12.6. The van der Waals surface area contributed by atoms with Crippen molar-refractivity contribution in [2.45, 2.75) is 33.3 Å². The van der Waals surface area contributed by atoms with E-state index in [-0.39, 0.29) is 5.56 Å². The van der Waals surface area contributed by atoms with E-state index in [9.17, 15) is 4.79 Å². The summed E-state index contributed by atoms with van der Waals surface area (Å²) in [5.74, 6) is 0.577. The fourth-order valence-electron chi connectivity index (χ4n) is 3.45. The Morgan fingerprint density at radius 1 is 1.19 bits per heavy atom. The third-order valence-corrected chi connectivity index (χ3v) is 5.54. The fourth-order valence-corrected chi connectivity index (χ4v) is 4.04. The van der Waals surface area contributed by atoms with Gasteiger partial charge in [-0.05, 0) is 49.0 Å². The topological polar surface area (TPSA) is 55.0 Å². The highest BCUT2D eigenvalue weighted by atomic mass is 32.1. The lowest BCUT2D eigenvalue weighted by Gasteiger charge is -2.21. The average Bonchev–Trinajstić information content (AvgIpc) is 3.05. The molecule has 132 valence electrons. The van der Waals surface area contributed by atoms with Crippen molar-refractivity contribution in [3.8, 4) is 5.75 Å². The number of nitrogens with zero attached hydrogens (tertiary/aromatic N) is 1. The van der Waals surface area contributed by atoms with Crippen molar-refractivity contribution in [2.75, 3.05) is 0 Å². The third kappa shape index (κ3) is 3.35. The lowest BCUT2D eigenvalue weighted by Crippen LogP contribution is -2.11. The van der Waals surface area contributed by atoms with Gasteiger partial charge in [0.05, 0.1) is 10.7 Å². The van der Waals surface area contributed by atoms with Gasteiger partial charge in [-0.15, -0.1) is 11.3 Å². The van der Waals surface area contributed by atoms with E-state index >= 15 is 0 Å². The summed E-state index contributed by atoms with van der Waals surface area (Å²) in [6.45, 7) is 4.46. The van der Waals surface area contributed by atoms with Crippen LogP contribution in [0.5, 0.6) is 5.75 Å². The summed E-state index contributed by atoms with van der Waals surface area (Å²) in [5.41, 5.74) is 6.60. The molecule has 1 aliphatic carbocycles. The van der Waals surface area contributed by atoms with Gasteiger partial charge in [-0.25, -0.2) is 4.98 Å². The Kier molecular flexibility index (Phi) is 4.47. The molecule has 0 aliphatic heterocycles. The number of aromatic nitrogens is 2. The average molecular weight is 364 g/mol. The standard InChI is InChI=1S/C21H20N2O2S/c1-13-18-6-4-3-5-15(18)7-8-19(13)20-9-17(10-21(24)23-20)25-11-16-12-26-14(2)22-16/h3-6,9-10,12H,7-8,11H2,1-2H3,(H,23,24). The molecule has 1 aromatic carbocycles. The summed E-state index contributed by atoms with van der Waals surface area (Å²) in [4.78, 5) is 19.5. The van der Waals surface area contributed by atoms with Crippen LogP contribution in [0, 0.1) is 6.92 Å². The highest BCUT2D eigenvalue weighted by molar-refractivity contribution is 7.09. The number of fused-ring (bicyclic) bond motifs is 1. The van der Waals surface area contributed by atoms with Gasteiger partial charge in [-0.2, -0.15) is 0 Å². The van der Waals surface area contributed by atoms with Gasteiger partial charge in [0.15, 0.2) is 0 Å². The number of pyridine rings is 1. The molecule has 4 nitrogen and oxygen atoms in total. The Hall–Kier alpha value is -2.66. The van der Waals surface area contributed by atoms with Crippen molar-refractivity contribution in [1.82, 2.24) is 9.97 Å². The van der Waals surface area contributed by atoms with Crippen LogP contribution in [0.25, 0.3) is 11.1 Å². The summed E-state index contributed by atoms with van der Waals surface area (Å²) in [5, 5.41) is 2.99. The van der Waals surface area contributed by atoms with Gasteiger partial charge in [-0.1, -0.05) is 24.3 Å². The van der Waals surface area contributed by atoms with Crippen LogP contribution in [0.4, 0.5) is 0 Å². The predicted molar refractivity (Wildman–Crippen MR) is 105 cm³/mol. The second-order valence-corrected chi connectivity index (χ2v) is 7.56. The normalized spacial score (nSPS) is 13.6. The van der Waals surface area contributed by atoms with Crippen LogP contribution in [0.2, 0.25) is 0 Å². The van der Waals surface area contributed by atoms with Gasteiger partial charge in [0.1, 0.15) is 12.4 Å². The van der Waals surface area contributed by atoms with Crippen LogP contribution in [-0.4, -0.2) is 9.97 Å². The number of thiazole rings is 1. The van der Waals surface area contributed by atoms with Crippen molar-refractivity contribution in [1.29, 1.82) is 0 Å². The minimum atomic E-state index is -0.147. The first kappa shape index (κ1) is 16.8. The van der Waals surface area contributed by atoms with Gasteiger partial charge in [0.2, 0.25) is 0 Å². The molecule has 0 saturated heterocycles. The van der Waals surface area contributed by atoms with Gasteiger partial charge >= 0.3 is 0 Å². The van der Waals surface area contributed by atoms with Crippen LogP contribution in [0.1, 0.15) is 40.9 Å². The molecule has 0 bridgehead atoms. The maximum Gasteiger partial charge on any atom is 0.252 e. The van der Waals surface area contributed by atoms with Crippen LogP contribution in [-0.2, 0) is 13.0 Å². The van der Waals surface area contributed by atoms with E-state index in [1.807, 2.05) is 18.4 Å². The largest absolute Gasteiger partial charge is 0.487 e. The summed E-state index contributed by atoms with van der Waals surface area (Å²) < 4.78 is 5.82. The van der Waals surface area contributed by atoms with Gasteiger partial charge in [0, 0.05) is 23.2 Å². The second kappa shape index (κ2) is 6.92. The minimum absolute atomic E-state index is 0.147. The number of allylic oxidation sites excluding steroid dienone is 2. The quantitative estimate of drug-likeness (QED) is 0.736. The number of aryl methyl sites for hydroxylation is 2. The summed E-state index contributed by atoms with van der Waals surface area (Å²) in [6, 6.07) is 11.9. The van der Waals surface area contributed by atoms with Crippen LogP contribution in [0.15, 0.2) is 46.6 Å². The molecule has 0 spiro atoms. The van der Waals surface area contributed by atoms with E-state index < -0.39 is 0 Å². The predicted octanol–water partition coefficient (Wildman–Crippen LogP) is 4.60. The number of hydrogen-bond acceptors (Lipinski definition) is 4. The highest BCUT2D eigenvalue weighted by Crippen LogP contribution is 2.36. The lowest BCUT2D eigenvalue weighted by molar-refractivity contribution is 0.301. The van der Waals surface area contributed by atoms with Crippen molar-refractivity contribution < 1.29 is 4.74 Å². The van der Waals surface area contributed by atoms with E-state index in [4.69, 9.17) is 4.74 Å². The van der Waals surface area contributed by atoms with Crippen molar-refractivity contribution in [3.63, 3.8) is 0 Å². The first-order valence-corrected chi connectivity index (χ1v) is 9.55. The molecule has 2 aromatic heterocycles. The zero-order valence-electron chi connectivity index (χ0n) is 14.8. The van der Waals surface area contributed by atoms with Crippen LogP contribution < -0.4 is 10.3 Å². The number of ether oxygens (including phenoxy) is 1. The molecule has 0 atom stereocenters. The zero-order chi connectivity index (χ0) is 18.1. The molecule has 0 radical (unpaired) electrons. The SMILES string of the molecule is CC1=C(c2cc(OCc3csc(C)n3)cc(=O)[nH]2)CCc2ccccc21. The van der Waals surface area contributed by atoms with Gasteiger partial charge in [0.25, 0.3) is 5.56 Å². The molecule has 2 heterocycles. The molecular weight excluding hydrogens is 344 g/mol.